The van der Waals surface area contributed by atoms with Crippen LogP contribution in [0.15, 0.2) is 41.2 Å². The van der Waals surface area contributed by atoms with Gasteiger partial charge in [0, 0.05) is 19.1 Å². The van der Waals surface area contributed by atoms with Crippen LogP contribution in [-0.2, 0) is 11.0 Å². The lowest BCUT2D eigenvalue weighted by Crippen LogP contribution is -2.51. The first-order chi connectivity index (χ1) is 15.1. The summed E-state index contributed by atoms with van der Waals surface area (Å²) in [5, 5.41) is 5.86. The molecule has 1 atom stereocenters. The number of carbonyl (C=O) groups is 2. The first-order valence-corrected chi connectivity index (χ1v) is 10.7. The molecule has 1 saturated heterocycles. The molecule has 0 bridgehead atoms. The number of benzene rings is 1. The number of nitrogens with zero attached hydrogens (tertiary/aromatic N) is 1. The first kappa shape index (κ1) is 24.0. The molecule has 3 rings (SSSR count). The van der Waals surface area contributed by atoms with Gasteiger partial charge < -0.3 is 20.0 Å². The molecular weight excluding hydrogens is 447 g/mol. The third-order valence-electron chi connectivity index (χ3n) is 5.45. The smallest absolute Gasteiger partial charge is 0.416 e. The fourth-order valence-corrected chi connectivity index (χ4v) is 3.83. The second-order valence-electron chi connectivity index (χ2n) is 8.15. The van der Waals surface area contributed by atoms with Crippen LogP contribution in [0, 0.1) is 5.92 Å². The highest BCUT2D eigenvalue weighted by Gasteiger charge is 2.32. The third-order valence-corrected chi connectivity index (χ3v) is 5.77. The van der Waals surface area contributed by atoms with Gasteiger partial charge in [0.2, 0.25) is 5.91 Å². The molecule has 1 aliphatic rings. The van der Waals surface area contributed by atoms with Crippen molar-refractivity contribution in [1.82, 2.24) is 10.2 Å². The molecule has 0 spiro atoms. The van der Waals surface area contributed by atoms with E-state index in [0.717, 1.165) is 12.1 Å². The van der Waals surface area contributed by atoms with E-state index in [-0.39, 0.29) is 34.5 Å². The highest BCUT2D eigenvalue weighted by molar-refractivity contribution is 6.33. The van der Waals surface area contributed by atoms with Crippen molar-refractivity contribution in [3.05, 3.63) is 52.9 Å². The predicted octanol–water partition coefficient (Wildman–Crippen LogP) is 4.81. The minimum Gasteiger partial charge on any atom is -0.472 e. The molecular formula is C22H25ClF3N3O3. The van der Waals surface area contributed by atoms with Gasteiger partial charge in [0.25, 0.3) is 5.91 Å². The normalized spacial score (nSPS) is 16.2. The fourth-order valence-electron chi connectivity index (χ4n) is 3.60. The van der Waals surface area contributed by atoms with E-state index in [2.05, 4.69) is 10.6 Å². The van der Waals surface area contributed by atoms with E-state index < -0.39 is 17.8 Å². The minimum absolute atomic E-state index is 0.107. The van der Waals surface area contributed by atoms with Gasteiger partial charge in [-0.1, -0.05) is 25.4 Å². The average Bonchev–Trinajstić information content (AvgIpc) is 3.26. The van der Waals surface area contributed by atoms with Gasteiger partial charge in [0.1, 0.15) is 12.3 Å². The van der Waals surface area contributed by atoms with Gasteiger partial charge in [-0.25, -0.2) is 0 Å². The van der Waals surface area contributed by atoms with Crippen molar-refractivity contribution in [2.75, 3.05) is 18.4 Å². The highest BCUT2D eigenvalue weighted by atomic mass is 35.5. The summed E-state index contributed by atoms with van der Waals surface area (Å²) in [4.78, 5) is 27.0. The van der Waals surface area contributed by atoms with Crippen molar-refractivity contribution in [2.24, 2.45) is 5.92 Å². The molecule has 0 saturated carbocycles. The number of alkyl halides is 3. The lowest BCUT2D eigenvalue weighted by atomic mass is 10.00. The van der Waals surface area contributed by atoms with E-state index >= 15 is 0 Å². The summed E-state index contributed by atoms with van der Waals surface area (Å²) in [7, 11) is 0. The Morgan fingerprint density at radius 2 is 1.88 bits per heavy atom. The number of hydrogen-bond acceptors (Lipinski definition) is 4. The summed E-state index contributed by atoms with van der Waals surface area (Å²) < 4.78 is 43.5. The summed E-state index contributed by atoms with van der Waals surface area (Å²) in [6.07, 6.45) is -0.448. The van der Waals surface area contributed by atoms with Crippen LogP contribution in [0.3, 0.4) is 0 Å². The van der Waals surface area contributed by atoms with Crippen LogP contribution in [-0.4, -0.2) is 41.9 Å². The number of carbonyl (C=O) groups excluding carboxylic acids is 2. The Morgan fingerprint density at radius 1 is 1.19 bits per heavy atom. The van der Waals surface area contributed by atoms with Gasteiger partial charge in [0.15, 0.2) is 0 Å². The fraction of sp³-hybridized carbons (Fsp3) is 0.455. The molecule has 2 N–H and O–H groups in total. The van der Waals surface area contributed by atoms with Crippen molar-refractivity contribution < 1.29 is 27.2 Å². The second-order valence-corrected chi connectivity index (χ2v) is 8.55. The molecule has 6 nitrogen and oxygen atoms in total. The first-order valence-electron chi connectivity index (χ1n) is 10.3. The van der Waals surface area contributed by atoms with Gasteiger partial charge in [0.05, 0.1) is 28.1 Å². The zero-order valence-electron chi connectivity index (χ0n) is 17.7. The standard InChI is InChI=1S/C22H25ClF3N3O3/c1-13(2)19(28-18-4-3-15(11-17(18)23)22(24,25)26)20(30)27-16-5-8-29(9-6-16)21(31)14-7-10-32-12-14/h3-4,7,10-13,16,19,28H,5-6,8-9H2,1-2H3,(H,27,30)/t19-/m0/s1. The monoisotopic (exact) mass is 471 g/mol. The number of likely N-dealkylation sites (tertiary alicyclic amines) is 1. The molecule has 10 heteroatoms. The Labute approximate surface area is 189 Å². The SMILES string of the molecule is CC(C)[C@H](Nc1ccc(C(F)(F)F)cc1Cl)C(=O)NC1CCN(C(=O)c2ccoc2)CC1. The van der Waals surface area contributed by atoms with E-state index in [0.29, 0.717) is 31.5 Å². The van der Waals surface area contributed by atoms with Gasteiger partial charge in [-0.2, -0.15) is 13.2 Å². The van der Waals surface area contributed by atoms with Crippen molar-refractivity contribution in [3.63, 3.8) is 0 Å². The van der Waals surface area contributed by atoms with E-state index in [4.69, 9.17) is 16.0 Å². The molecule has 0 unspecified atom stereocenters. The number of halogens is 4. The molecule has 1 aromatic carbocycles. The lowest BCUT2D eigenvalue weighted by Gasteiger charge is -2.33. The zero-order chi connectivity index (χ0) is 23.5. The zero-order valence-corrected chi connectivity index (χ0v) is 18.5. The molecule has 174 valence electrons. The predicted molar refractivity (Wildman–Crippen MR) is 114 cm³/mol. The molecule has 2 amide bonds. The van der Waals surface area contributed by atoms with Crippen LogP contribution < -0.4 is 10.6 Å². The second kappa shape index (κ2) is 9.85. The Bertz CT molecular complexity index is 940. The number of rotatable bonds is 6. The summed E-state index contributed by atoms with van der Waals surface area (Å²) in [6.45, 7) is 4.67. The Balaban J connectivity index is 1.59. The van der Waals surface area contributed by atoms with Crippen LogP contribution in [0.25, 0.3) is 0 Å². The van der Waals surface area contributed by atoms with E-state index in [1.807, 2.05) is 13.8 Å². The van der Waals surface area contributed by atoms with E-state index in [9.17, 15) is 22.8 Å². The minimum atomic E-state index is -4.50. The molecule has 1 aliphatic heterocycles. The molecule has 0 aliphatic carbocycles. The largest absolute Gasteiger partial charge is 0.472 e. The topological polar surface area (TPSA) is 74.6 Å². The maximum Gasteiger partial charge on any atom is 0.416 e. The maximum atomic E-state index is 12.9. The Morgan fingerprint density at radius 3 is 2.41 bits per heavy atom. The van der Waals surface area contributed by atoms with Crippen LogP contribution in [0.4, 0.5) is 18.9 Å². The number of amides is 2. The van der Waals surface area contributed by atoms with E-state index in [1.54, 1.807) is 11.0 Å². The van der Waals surface area contributed by atoms with Gasteiger partial charge in [-0.05, 0) is 43.0 Å². The number of piperidine rings is 1. The van der Waals surface area contributed by atoms with Crippen LogP contribution in [0.5, 0.6) is 0 Å². The van der Waals surface area contributed by atoms with Crippen LogP contribution >= 0.6 is 11.6 Å². The summed E-state index contributed by atoms with van der Waals surface area (Å²) in [6, 6.07) is 3.81. The Kier molecular flexibility index (Phi) is 7.38. The number of hydrogen-bond donors (Lipinski definition) is 2. The molecule has 0 radical (unpaired) electrons. The number of anilines is 1. The molecule has 2 aromatic rings. The van der Waals surface area contributed by atoms with Crippen molar-refractivity contribution in [1.29, 1.82) is 0 Å². The average molecular weight is 472 g/mol. The van der Waals surface area contributed by atoms with Crippen LogP contribution in [0.2, 0.25) is 5.02 Å². The Hall–Kier alpha value is -2.68. The molecule has 2 heterocycles. The lowest BCUT2D eigenvalue weighted by molar-refractivity contribution is -0.137. The summed E-state index contributed by atoms with van der Waals surface area (Å²) in [5.41, 5.74) is -0.102. The van der Waals surface area contributed by atoms with Gasteiger partial charge in [-0.15, -0.1) is 0 Å². The van der Waals surface area contributed by atoms with Gasteiger partial charge in [-0.3, -0.25) is 9.59 Å². The van der Waals surface area contributed by atoms with Crippen molar-refractivity contribution in [3.8, 4) is 0 Å². The molecule has 32 heavy (non-hydrogen) atoms. The highest BCUT2D eigenvalue weighted by Crippen LogP contribution is 2.34. The molecule has 1 aromatic heterocycles. The third kappa shape index (κ3) is 5.76. The van der Waals surface area contributed by atoms with Crippen LogP contribution in [0.1, 0.15) is 42.6 Å². The van der Waals surface area contributed by atoms with E-state index in [1.165, 1.54) is 18.6 Å². The maximum absolute atomic E-state index is 12.9. The van der Waals surface area contributed by atoms with Crippen molar-refractivity contribution >= 4 is 29.1 Å². The van der Waals surface area contributed by atoms with Crippen molar-refractivity contribution in [2.45, 2.75) is 44.9 Å². The quantitative estimate of drug-likeness (QED) is 0.634. The number of furan rings is 1. The van der Waals surface area contributed by atoms with Gasteiger partial charge >= 0.3 is 6.18 Å². The number of nitrogens with one attached hydrogen (secondary N) is 2. The summed E-state index contributed by atoms with van der Waals surface area (Å²) >= 11 is 6.03. The summed E-state index contributed by atoms with van der Waals surface area (Å²) in [5.74, 6) is -0.520. The molecule has 1 fully saturated rings.